The van der Waals surface area contributed by atoms with E-state index in [0.717, 1.165) is 0 Å². The molecular weight excluding hydrogens is 242 g/mol. The van der Waals surface area contributed by atoms with Crippen molar-refractivity contribution >= 4 is 5.97 Å². The van der Waals surface area contributed by atoms with Gasteiger partial charge in [0.2, 0.25) is 17.3 Å². The molecule has 0 aliphatic rings. The fraction of sp³-hybridized carbons (Fsp3) is 0.200. The van der Waals surface area contributed by atoms with Gasteiger partial charge in [-0.05, 0) is 6.07 Å². The highest BCUT2D eigenvalue weighted by molar-refractivity contribution is 5.67. The summed E-state index contributed by atoms with van der Waals surface area (Å²) in [5.74, 6) is -0.758. The van der Waals surface area contributed by atoms with Gasteiger partial charge in [0, 0.05) is 17.8 Å². The summed E-state index contributed by atoms with van der Waals surface area (Å²) in [6.45, 7) is -0.536. The number of ether oxygens (including phenoxy) is 1. The number of aliphatic carboxylic acids is 1. The number of carboxylic acid groups (broad SMARTS) is 1. The van der Waals surface area contributed by atoms with Gasteiger partial charge in [-0.1, -0.05) is 0 Å². The zero-order valence-corrected chi connectivity index (χ0v) is 9.12. The number of hydrogen-bond acceptors (Lipinski definition) is 6. The van der Waals surface area contributed by atoms with Crippen LogP contribution in [0.25, 0.3) is 11.5 Å². The molecule has 8 heteroatoms. The Morgan fingerprint density at radius 2 is 2.33 bits per heavy atom. The highest BCUT2D eigenvalue weighted by Crippen LogP contribution is 2.15. The molecule has 0 fully saturated rings. The SMILES string of the molecule is O=C(O)COCc1nnc(-c2cc[nH]c(=O)c2)o1. The number of nitrogens with zero attached hydrogens (tertiary/aromatic N) is 2. The Hall–Kier alpha value is -2.48. The second kappa shape index (κ2) is 5.23. The molecule has 2 aromatic heterocycles. The Bertz CT molecular complexity index is 603. The van der Waals surface area contributed by atoms with Gasteiger partial charge in [-0.2, -0.15) is 0 Å². The summed E-state index contributed by atoms with van der Waals surface area (Å²) in [4.78, 5) is 23.8. The predicted molar refractivity (Wildman–Crippen MR) is 57.6 cm³/mol. The number of nitrogens with one attached hydrogen (secondary N) is 1. The Kier molecular flexibility index (Phi) is 3.49. The number of H-pyrrole nitrogens is 1. The van der Waals surface area contributed by atoms with E-state index in [9.17, 15) is 9.59 Å². The van der Waals surface area contributed by atoms with E-state index in [0.29, 0.717) is 5.56 Å². The molecule has 94 valence electrons. The Balaban J connectivity index is 2.06. The van der Waals surface area contributed by atoms with Crippen molar-refractivity contribution in [3.63, 3.8) is 0 Å². The molecule has 0 bridgehead atoms. The van der Waals surface area contributed by atoms with Gasteiger partial charge >= 0.3 is 5.97 Å². The lowest BCUT2D eigenvalue weighted by molar-refractivity contribution is -0.142. The lowest BCUT2D eigenvalue weighted by atomic mass is 10.3. The van der Waals surface area contributed by atoms with Crippen molar-refractivity contribution in [2.75, 3.05) is 6.61 Å². The molecule has 0 atom stereocenters. The minimum atomic E-state index is -1.08. The molecule has 2 rings (SSSR count). The van der Waals surface area contributed by atoms with Crippen LogP contribution in [0.2, 0.25) is 0 Å². The monoisotopic (exact) mass is 251 g/mol. The van der Waals surface area contributed by atoms with E-state index >= 15 is 0 Å². The molecule has 0 saturated heterocycles. The highest BCUT2D eigenvalue weighted by atomic mass is 16.5. The number of carbonyl (C=O) groups is 1. The van der Waals surface area contributed by atoms with E-state index in [4.69, 9.17) is 14.3 Å². The van der Waals surface area contributed by atoms with E-state index in [1.54, 1.807) is 6.07 Å². The van der Waals surface area contributed by atoms with Crippen LogP contribution in [0.1, 0.15) is 5.89 Å². The molecular formula is C10H9N3O5. The minimum absolute atomic E-state index is 0.0948. The third-order valence-corrected chi connectivity index (χ3v) is 1.94. The standard InChI is InChI=1S/C10H9N3O5/c14-7-3-6(1-2-11-7)10-13-12-8(18-10)4-17-5-9(15)16/h1-3H,4-5H2,(H,11,14)(H,15,16). The first-order valence-corrected chi connectivity index (χ1v) is 4.96. The Morgan fingerprint density at radius 1 is 1.50 bits per heavy atom. The quantitative estimate of drug-likeness (QED) is 0.769. The van der Waals surface area contributed by atoms with Crippen molar-refractivity contribution < 1.29 is 19.1 Å². The summed E-state index contributed by atoms with van der Waals surface area (Å²) in [7, 11) is 0. The molecule has 0 amide bonds. The third kappa shape index (κ3) is 3.01. The minimum Gasteiger partial charge on any atom is -0.480 e. The first-order valence-electron chi connectivity index (χ1n) is 4.96. The number of hydrogen-bond donors (Lipinski definition) is 2. The van der Waals surface area contributed by atoms with Crippen molar-refractivity contribution in [3.8, 4) is 11.5 Å². The molecule has 2 heterocycles. The zero-order chi connectivity index (χ0) is 13.0. The van der Waals surface area contributed by atoms with E-state index in [-0.39, 0.29) is 23.9 Å². The number of aromatic amines is 1. The van der Waals surface area contributed by atoms with Crippen LogP contribution in [0.15, 0.2) is 27.5 Å². The number of rotatable bonds is 5. The van der Waals surface area contributed by atoms with Gasteiger partial charge in [0.1, 0.15) is 13.2 Å². The van der Waals surface area contributed by atoms with Gasteiger partial charge in [-0.25, -0.2) is 4.79 Å². The van der Waals surface area contributed by atoms with Gasteiger partial charge in [-0.15, -0.1) is 10.2 Å². The maximum atomic E-state index is 11.1. The number of pyridine rings is 1. The third-order valence-electron chi connectivity index (χ3n) is 1.94. The Labute approximate surface area is 100 Å². The van der Waals surface area contributed by atoms with Crippen LogP contribution in [0, 0.1) is 0 Å². The molecule has 0 aliphatic carbocycles. The summed E-state index contributed by atoms with van der Waals surface area (Å²) in [5.41, 5.74) is 0.199. The van der Waals surface area contributed by atoms with Crippen LogP contribution in [-0.2, 0) is 16.1 Å². The molecule has 0 saturated carbocycles. The fourth-order valence-electron chi connectivity index (χ4n) is 1.23. The van der Waals surface area contributed by atoms with E-state index < -0.39 is 12.6 Å². The maximum Gasteiger partial charge on any atom is 0.329 e. The van der Waals surface area contributed by atoms with Gasteiger partial charge in [0.05, 0.1) is 0 Å². The van der Waals surface area contributed by atoms with Crippen molar-refractivity contribution in [3.05, 3.63) is 34.6 Å². The first kappa shape index (κ1) is 12.0. The van der Waals surface area contributed by atoms with Crippen LogP contribution in [0.3, 0.4) is 0 Å². The summed E-state index contributed by atoms with van der Waals surface area (Å²) < 4.78 is 10.0. The normalized spacial score (nSPS) is 10.4. The zero-order valence-electron chi connectivity index (χ0n) is 9.12. The van der Waals surface area contributed by atoms with Crippen LogP contribution >= 0.6 is 0 Å². The Morgan fingerprint density at radius 3 is 3.06 bits per heavy atom. The van der Waals surface area contributed by atoms with Gasteiger partial charge in [0.15, 0.2) is 0 Å². The first-order chi connectivity index (χ1) is 8.65. The second-order valence-corrected chi connectivity index (χ2v) is 3.33. The van der Waals surface area contributed by atoms with Gasteiger partial charge in [0.25, 0.3) is 0 Å². The van der Waals surface area contributed by atoms with E-state index in [1.165, 1.54) is 12.3 Å². The van der Waals surface area contributed by atoms with Crippen molar-refractivity contribution in [2.45, 2.75) is 6.61 Å². The molecule has 2 aromatic rings. The summed E-state index contributed by atoms with van der Waals surface area (Å²) in [5, 5.41) is 15.8. The summed E-state index contributed by atoms with van der Waals surface area (Å²) >= 11 is 0. The van der Waals surface area contributed by atoms with E-state index in [2.05, 4.69) is 15.2 Å². The van der Waals surface area contributed by atoms with Crippen LogP contribution < -0.4 is 5.56 Å². The predicted octanol–water partition coefficient (Wildman–Crippen LogP) is 0.0261. The average molecular weight is 251 g/mol. The average Bonchev–Trinajstić information content (AvgIpc) is 2.77. The molecule has 0 unspecified atom stereocenters. The maximum absolute atomic E-state index is 11.1. The lowest BCUT2D eigenvalue weighted by Gasteiger charge is -1.95. The molecule has 0 aliphatic heterocycles. The molecule has 0 radical (unpaired) electrons. The van der Waals surface area contributed by atoms with Crippen LogP contribution in [0.4, 0.5) is 0 Å². The van der Waals surface area contributed by atoms with Crippen molar-refractivity contribution in [1.29, 1.82) is 0 Å². The molecule has 18 heavy (non-hydrogen) atoms. The van der Waals surface area contributed by atoms with Crippen LogP contribution in [0.5, 0.6) is 0 Å². The highest BCUT2D eigenvalue weighted by Gasteiger charge is 2.09. The van der Waals surface area contributed by atoms with Crippen LogP contribution in [-0.4, -0.2) is 32.9 Å². The smallest absolute Gasteiger partial charge is 0.329 e. The van der Waals surface area contributed by atoms with Gasteiger partial charge < -0.3 is 19.2 Å². The molecule has 8 nitrogen and oxygen atoms in total. The van der Waals surface area contributed by atoms with Gasteiger partial charge in [-0.3, -0.25) is 4.79 Å². The molecule has 0 aromatic carbocycles. The second-order valence-electron chi connectivity index (χ2n) is 3.33. The van der Waals surface area contributed by atoms with E-state index in [1.807, 2.05) is 0 Å². The number of aromatic nitrogens is 3. The largest absolute Gasteiger partial charge is 0.480 e. The molecule has 2 N–H and O–H groups in total. The number of carboxylic acids is 1. The summed E-state index contributed by atoms with van der Waals surface area (Å²) in [6.07, 6.45) is 1.46. The van der Waals surface area contributed by atoms with Crippen molar-refractivity contribution in [2.24, 2.45) is 0 Å². The lowest BCUT2D eigenvalue weighted by Crippen LogP contribution is -2.06. The summed E-state index contributed by atoms with van der Waals surface area (Å²) in [6, 6.07) is 2.92. The van der Waals surface area contributed by atoms with Crippen molar-refractivity contribution in [1.82, 2.24) is 15.2 Å². The molecule has 0 spiro atoms. The topological polar surface area (TPSA) is 118 Å². The fourth-order valence-corrected chi connectivity index (χ4v) is 1.23.